The van der Waals surface area contributed by atoms with E-state index < -0.39 is 0 Å². The molecule has 0 N–H and O–H groups in total. The Bertz CT molecular complexity index is 308. The molecule has 1 rings (SSSR count). The van der Waals surface area contributed by atoms with Crippen LogP contribution in [-0.4, -0.2) is 18.5 Å². The smallest absolute Gasteiger partial charge is 0.0466 e. The van der Waals surface area contributed by atoms with Crippen LogP contribution in [0.1, 0.15) is 49.7 Å². The van der Waals surface area contributed by atoms with Crippen molar-refractivity contribution in [2.24, 2.45) is 0 Å². The van der Waals surface area contributed by atoms with E-state index in [0.717, 1.165) is 18.5 Å². The van der Waals surface area contributed by atoms with Crippen LogP contribution in [0.4, 0.5) is 0 Å². The number of benzene rings is 1. The Morgan fingerprint density at radius 3 is 2.16 bits per heavy atom. The van der Waals surface area contributed by atoms with Gasteiger partial charge in [-0.05, 0) is 44.6 Å². The fourth-order valence-corrected chi connectivity index (χ4v) is 2.44. The average Bonchev–Trinajstić information content (AvgIpc) is 2.43. The number of aryl methyl sites for hydroxylation is 2. The molecule has 0 heterocycles. The van der Waals surface area contributed by atoms with Gasteiger partial charge in [-0.3, -0.25) is 0 Å². The lowest BCUT2D eigenvalue weighted by Gasteiger charge is -2.05. The van der Waals surface area contributed by atoms with Gasteiger partial charge >= 0.3 is 0 Å². The number of alkyl halides is 1. The van der Waals surface area contributed by atoms with Gasteiger partial charge in [0.2, 0.25) is 0 Å². The highest BCUT2D eigenvalue weighted by Crippen LogP contribution is 2.07. The van der Waals surface area contributed by atoms with Crippen molar-refractivity contribution in [1.29, 1.82) is 0 Å². The third-order valence-corrected chi connectivity index (χ3v) is 3.86. The van der Waals surface area contributed by atoms with Crippen molar-refractivity contribution in [2.45, 2.75) is 51.9 Å². The predicted molar refractivity (Wildman–Crippen MR) is 87.2 cm³/mol. The molecular formula is C17H27BrO. The first-order valence-electron chi connectivity index (χ1n) is 7.52. The lowest BCUT2D eigenvalue weighted by molar-refractivity contribution is 0.126. The van der Waals surface area contributed by atoms with E-state index >= 15 is 0 Å². The van der Waals surface area contributed by atoms with Gasteiger partial charge in [-0.15, -0.1) is 0 Å². The summed E-state index contributed by atoms with van der Waals surface area (Å²) in [5.41, 5.74) is 2.78. The number of unbranched alkanes of at least 4 members (excludes halogenated alkanes) is 4. The van der Waals surface area contributed by atoms with Crippen LogP contribution in [0.2, 0.25) is 0 Å². The number of rotatable bonds is 11. The molecule has 0 bridgehead atoms. The van der Waals surface area contributed by atoms with Gasteiger partial charge < -0.3 is 4.74 Å². The normalized spacial score (nSPS) is 10.8. The molecular weight excluding hydrogens is 300 g/mol. The summed E-state index contributed by atoms with van der Waals surface area (Å²) in [6, 6.07) is 8.86. The van der Waals surface area contributed by atoms with Crippen molar-refractivity contribution < 1.29 is 4.74 Å². The fourth-order valence-electron chi connectivity index (χ4n) is 2.04. The molecule has 0 radical (unpaired) electrons. The first-order valence-corrected chi connectivity index (χ1v) is 8.64. The zero-order chi connectivity index (χ0) is 13.8. The van der Waals surface area contributed by atoms with Gasteiger partial charge in [0.1, 0.15) is 0 Å². The van der Waals surface area contributed by atoms with Crippen LogP contribution in [0.25, 0.3) is 0 Å². The van der Waals surface area contributed by atoms with Gasteiger partial charge in [0.15, 0.2) is 0 Å². The highest BCUT2D eigenvalue weighted by Gasteiger charge is 1.94. The van der Waals surface area contributed by atoms with Crippen molar-refractivity contribution in [2.75, 3.05) is 18.5 Å². The SMILES string of the molecule is Cc1ccc(CCCCOCCCCCCBr)cc1. The van der Waals surface area contributed by atoms with Crippen molar-refractivity contribution in [3.63, 3.8) is 0 Å². The second kappa shape index (κ2) is 11.5. The molecule has 1 aromatic carbocycles. The summed E-state index contributed by atoms with van der Waals surface area (Å²) < 4.78 is 5.66. The highest BCUT2D eigenvalue weighted by atomic mass is 79.9. The highest BCUT2D eigenvalue weighted by molar-refractivity contribution is 9.09. The molecule has 0 atom stereocenters. The quantitative estimate of drug-likeness (QED) is 0.396. The molecule has 1 nitrogen and oxygen atoms in total. The maximum absolute atomic E-state index is 5.66. The van der Waals surface area contributed by atoms with Crippen LogP contribution < -0.4 is 0 Å². The van der Waals surface area contributed by atoms with Crippen molar-refractivity contribution in [3.8, 4) is 0 Å². The third-order valence-electron chi connectivity index (χ3n) is 3.30. The average molecular weight is 327 g/mol. The first-order chi connectivity index (χ1) is 9.33. The van der Waals surface area contributed by atoms with E-state index in [1.165, 1.54) is 56.1 Å². The zero-order valence-electron chi connectivity index (χ0n) is 12.2. The minimum absolute atomic E-state index is 0.921. The largest absolute Gasteiger partial charge is 0.381 e. The van der Waals surface area contributed by atoms with Crippen LogP contribution in [-0.2, 0) is 11.2 Å². The van der Waals surface area contributed by atoms with E-state index in [1.807, 2.05) is 0 Å². The van der Waals surface area contributed by atoms with E-state index in [1.54, 1.807) is 0 Å². The lowest BCUT2D eigenvalue weighted by Crippen LogP contribution is -1.98. The monoisotopic (exact) mass is 326 g/mol. The van der Waals surface area contributed by atoms with Crippen LogP contribution in [0.15, 0.2) is 24.3 Å². The van der Waals surface area contributed by atoms with E-state index in [9.17, 15) is 0 Å². The summed E-state index contributed by atoms with van der Waals surface area (Å²) in [5.74, 6) is 0. The van der Waals surface area contributed by atoms with E-state index in [2.05, 4.69) is 47.1 Å². The summed E-state index contributed by atoms with van der Waals surface area (Å²) in [6.07, 6.45) is 8.70. The molecule has 1 aromatic rings. The van der Waals surface area contributed by atoms with Crippen LogP contribution in [0.3, 0.4) is 0 Å². The molecule has 0 aromatic heterocycles. The van der Waals surface area contributed by atoms with Crippen LogP contribution in [0, 0.1) is 6.92 Å². The third kappa shape index (κ3) is 9.23. The minimum atomic E-state index is 0.921. The van der Waals surface area contributed by atoms with Gasteiger partial charge in [-0.1, -0.05) is 58.6 Å². The maximum Gasteiger partial charge on any atom is 0.0466 e. The standard InChI is InChI=1S/C17H27BrO/c1-16-9-11-17(12-10-16)8-4-7-15-19-14-6-3-2-5-13-18/h9-12H,2-8,13-15H2,1H3. The number of halogens is 1. The molecule has 0 aliphatic rings. The van der Waals surface area contributed by atoms with E-state index in [-0.39, 0.29) is 0 Å². The summed E-state index contributed by atoms with van der Waals surface area (Å²) in [7, 11) is 0. The van der Waals surface area contributed by atoms with Crippen LogP contribution in [0.5, 0.6) is 0 Å². The number of hydrogen-bond acceptors (Lipinski definition) is 1. The van der Waals surface area contributed by atoms with Crippen molar-refractivity contribution in [3.05, 3.63) is 35.4 Å². The van der Waals surface area contributed by atoms with E-state index in [4.69, 9.17) is 4.74 Å². The maximum atomic E-state index is 5.66. The molecule has 0 aliphatic carbocycles. The molecule has 2 heteroatoms. The van der Waals surface area contributed by atoms with Gasteiger partial charge in [0.25, 0.3) is 0 Å². The molecule has 0 unspecified atom stereocenters. The minimum Gasteiger partial charge on any atom is -0.381 e. The lowest BCUT2D eigenvalue weighted by atomic mass is 10.1. The zero-order valence-corrected chi connectivity index (χ0v) is 13.8. The Morgan fingerprint density at radius 2 is 1.47 bits per heavy atom. The Balaban J connectivity index is 1.87. The second-order valence-electron chi connectivity index (χ2n) is 5.16. The Hall–Kier alpha value is -0.340. The Labute approximate surface area is 126 Å². The second-order valence-corrected chi connectivity index (χ2v) is 5.95. The fraction of sp³-hybridized carbons (Fsp3) is 0.647. The predicted octanol–water partition coefficient (Wildman–Crippen LogP) is 5.29. The molecule has 0 saturated carbocycles. The first kappa shape index (κ1) is 16.7. The molecule has 108 valence electrons. The van der Waals surface area contributed by atoms with Crippen molar-refractivity contribution in [1.82, 2.24) is 0 Å². The topological polar surface area (TPSA) is 9.23 Å². The molecule has 0 amide bonds. The van der Waals surface area contributed by atoms with Crippen molar-refractivity contribution >= 4 is 15.9 Å². The Kier molecular flexibility index (Phi) is 10.1. The molecule has 0 fully saturated rings. The van der Waals surface area contributed by atoms with Gasteiger partial charge in [0.05, 0.1) is 0 Å². The molecule has 19 heavy (non-hydrogen) atoms. The van der Waals surface area contributed by atoms with Gasteiger partial charge in [-0.25, -0.2) is 0 Å². The number of ether oxygens (including phenoxy) is 1. The number of hydrogen-bond donors (Lipinski definition) is 0. The van der Waals surface area contributed by atoms with E-state index in [0.29, 0.717) is 0 Å². The molecule has 0 aliphatic heterocycles. The summed E-state index contributed by atoms with van der Waals surface area (Å²) in [5, 5.41) is 1.13. The van der Waals surface area contributed by atoms with Crippen LogP contribution >= 0.6 is 15.9 Å². The Morgan fingerprint density at radius 1 is 0.842 bits per heavy atom. The summed E-state index contributed by atoms with van der Waals surface area (Å²) >= 11 is 3.45. The van der Waals surface area contributed by atoms with Gasteiger partial charge in [0, 0.05) is 18.5 Å². The summed E-state index contributed by atoms with van der Waals surface area (Å²) in [6.45, 7) is 3.99. The summed E-state index contributed by atoms with van der Waals surface area (Å²) in [4.78, 5) is 0. The van der Waals surface area contributed by atoms with Gasteiger partial charge in [-0.2, -0.15) is 0 Å². The molecule has 0 saturated heterocycles. The molecule has 0 spiro atoms.